The summed E-state index contributed by atoms with van der Waals surface area (Å²) < 4.78 is 0. The molecule has 0 atom stereocenters. The maximum Gasteiger partial charge on any atom is 0.223 e. The number of amides is 1. The third-order valence-electron chi connectivity index (χ3n) is 5.81. The molecule has 2 heterocycles. The minimum Gasteiger partial charge on any atom is -0.353 e. The van der Waals surface area contributed by atoms with Gasteiger partial charge in [-0.25, -0.2) is 4.98 Å². The van der Waals surface area contributed by atoms with Crippen LogP contribution in [0.15, 0.2) is 54.6 Å². The molecule has 0 unspecified atom stereocenters. The van der Waals surface area contributed by atoms with E-state index in [-0.39, 0.29) is 24.5 Å². The Bertz CT molecular complexity index is 1070. The van der Waals surface area contributed by atoms with Crippen molar-refractivity contribution in [3.8, 4) is 0 Å². The summed E-state index contributed by atoms with van der Waals surface area (Å²) in [5, 5.41) is 1.17. The molecule has 0 radical (unpaired) electrons. The quantitative estimate of drug-likeness (QED) is 0.603. The van der Waals surface area contributed by atoms with Crippen molar-refractivity contribution in [2.24, 2.45) is 0 Å². The molecule has 0 aliphatic carbocycles. The average Bonchev–Trinajstić information content (AvgIpc) is 2.78. The summed E-state index contributed by atoms with van der Waals surface area (Å²) in [7, 11) is 0. The Hall–Kier alpha value is -3.21. The van der Waals surface area contributed by atoms with E-state index in [0.717, 1.165) is 30.0 Å². The number of benzene rings is 2. The summed E-state index contributed by atoms with van der Waals surface area (Å²) in [6.45, 7) is 6.92. The predicted octanol–water partition coefficient (Wildman–Crippen LogP) is 4.16. The molecule has 0 saturated carbocycles. The number of aryl methyl sites for hydroxylation is 2. The second-order valence-corrected chi connectivity index (χ2v) is 7.97. The third kappa shape index (κ3) is 4.35. The van der Waals surface area contributed by atoms with Crippen LogP contribution in [0.5, 0.6) is 0 Å². The van der Waals surface area contributed by atoms with Crippen LogP contribution in [0.25, 0.3) is 10.9 Å². The highest BCUT2D eigenvalue weighted by atomic mass is 16.2. The molecule has 0 bridgehead atoms. The number of carbonyl (C=O) groups is 2. The Labute approximate surface area is 177 Å². The van der Waals surface area contributed by atoms with Crippen LogP contribution in [0.2, 0.25) is 0 Å². The van der Waals surface area contributed by atoms with Gasteiger partial charge in [0.25, 0.3) is 0 Å². The lowest BCUT2D eigenvalue weighted by atomic mass is 10.0. The molecule has 4 rings (SSSR count). The van der Waals surface area contributed by atoms with E-state index in [4.69, 9.17) is 4.98 Å². The SMILES string of the molecule is Cc1ccc(C(=O)CCC(=O)N2CCN(c3cc(C)c4ccccc4n3)CC2)cc1. The number of hydrogen-bond donors (Lipinski definition) is 0. The number of anilines is 1. The molecule has 2 aromatic carbocycles. The first-order chi connectivity index (χ1) is 14.5. The van der Waals surface area contributed by atoms with Gasteiger partial charge in [-0.3, -0.25) is 9.59 Å². The molecule has 154 valence electrons. The lowest BCUT2D eigenvalue weighted by molar-refractivity contribution is -0.131. The number of carbonyl (C=O) groups excluding carboxylic acids is 2. The van der Waals surface area contributed by atoms with E-state index in [0.29, 0.717) is 18.7 Å². The largest absolute Gasteiger partial charge is 0.353 e. The molecular formula is C25H27N3O2. The Kier molecular flexibility index (Phi) is 5.79. The van der Waals surface area contributed by atoms with Crippen LogP contribution >= 0.6 is 0 Å². The summed E-state index contributed by atoms with van der Waals surface area (Å²) in [6.07, 6.45) is 0.521. The Morgan fingerprint density at radius 1 is 0.900 bits per heavy atom. The fourth-order valence-electron chi connectivity index (χ4n) is 3.94. The van der Waals surface area contributed by atoms with Crippen LogP contribution in [0.1, 0.15) is 34.3 Å². The van der Waals surface area contributed by atoms with Crippen LogP contribution in [-0.4, -0.2) is 47.8 Å². The molecular weight excluding hydrogens is 374 g/mol. The van der Waals surface area contributed by atoms with Gasteiger partial charge in [0, 0.05) is 50.0 Å². The molecule has 1 amide bonds. The normalized spacial score (nSPS) is 14.2. The van der Waals surface area contributed by atoms with Crippen LogP contribution < -0.4 is 4.90 Å². The van der Waals surface area contributed by atoms with Crippen LogP contribution in [-0.2, 0) is 4.79 Å². The predicted molar refractivity (Wildman–Crippen MR) is 120 cm³/mol. The second-order valence-electron chi connectivity index (χ2n) is 7.97. The molecule has 5 nitrogen and oxygen atoms in total. The third-order valence-corrected chi connectivity index (χ3v) is 5.81. The van der Waals surface area contributed by atoms with E-state index in [2.05, 4.69) is 24.0 Å². The first kappa shape index (κ1) is 20.1. The highest BCUT2D eigenvalue weighted by Gasteiger charge is 2.23. The standard InChI is InChI=1S/C25H27N3O2/c1-18-7-9-20(10-8-18)23(29)11-12-25(30)28-15-13-27(14-16-28)24-17-19(2)21-5-3-4-6-22(21)26-24/h3-10,17H,11-16H2,1-2H3. The highest BCUT2D eigenvalue weighted by Crippen LogP contribution is 2.23. The first-order valence-corrected chi connectivity index (χ1v) is 10.5. The zero-order valence-electron chi connectivity index (χ0n) is 17.6. The molecule has 1 fully saturated rings. The van der Waals surface area contributed by atoms with E-state index in [9.17, 15) is 9.59 Å². The zero-order chi connectivity index (χ0) is 21.1. The average molecular weight is 402 g/mol. The number of para-hydroxylation sites is 1. The van der Waals surface area contributed by atoms with Crippen molar-refractivity contribution in [3.05, 3.63) is 71.3 Å². The van der Waals surface area contributed by atoms with Gasteiger partial charge < -0.3 is 9.80 Å². The Balaban J connectivity index is 1.32. The van der Waals surface area contributed by atoms with Gasteiger partial charge >= 0.3 is 0 Å². The van der Waals surface area contributed by atoms with E-state index in [1.165, 1.54) is 10.9 Å². The van der Waals surface area contributed by atoms with Crippen molar-refractivity contribution in [3.63, 3.8) is 0 Å². The van der Waals surface area contributed by atoms with Crippen molar-refractivity contribution >= 4 is 28.4 Å². The van der Waals surface area contributed by atoms with Crippen molar-refractivity contribution in [1.82, 2.24) is 9.88 Å². The summed E-state index contributed by atoms with van der Waals surface area (Å²) >= 11 is 0. The number of Topliss-reactive ketones (excluding diaryl/α,β-unsaturated/α-hetero) is 1. The Morgan fingerprint density at radius 3 is 2.33 bits per heavy atom. The maximum absolute atomic E-state index is 12.6. The van der Waals surface area contributed by atoms with Crippen LogP contribution in [0, 0.1) is 13.8 Å². The number of fused-ring (bicyclic) bond motifs is 1. The topological polar surface area (TPSA) is 53.5 Å². The van der Waals surface area contributed by atoms with Crippen molar-refractivity contribution < 1.29 is 9.59 Å². The van der Waals surface area contributed by atoms with Gasteiger partial charge in [-0.1, -0.05) is 48.0 Å². The first-order valence-electron chi connectivity index (χ1n) is 10.5. The second kappa shape index (κ2) is 8.66. The van der Waals surface area contributed by atoms with Gasteiger partial charge in [0.1, 0.15) is 5.82 Å². The van der Waals surface area contributed by atoms with Crippen LogP contribution in [0.3, 0.4) is 0 Å². The van der Waals surface area contributed by atoms with Crippen molar-refractivity contribution in [2.45, 2.75) is 26.7 Å². The van der Waals surface area contributed by atoms with E-state index < -0.39 is 0 Å². The van der Waals surface area contributed by atoms with E-state index in [1.54, 1.807) is 0 Å². The lowest BCUT2D eigenvalue weighted by Gasteiger charge is -2.35. The fraction of sp³-hybridized carbons (Fsp3) is 0.320. The van der Waals surface area contributed by atoms with Gasteiger partial charge in [-0.15, -0.1) is 0 Å². The summed E-state index contributed by atoms with van der Waals surface area (Å²) in [5.74, 6) is 1.04. The minimum absolute atomic E-state index is 0.0258. The Morgan fingerprint density at radius 2 is 1.60 bits per heavy atom. The smallest absolute Gasteiger partial charge is 0.223 e. The van der Waals surface area contributed by atoms with E-state index in [1.807, 2.05) is 54.3 Å². The van der Waals surface area contributed by atoms with Gasteiger partial charge in [-0.05, 0) is 31.5 Å². The number of rotatable bonds is 5. The molecule has 1 saturated heterocycles. The molecule has 0 N–H and O–H groups in total. The van der Waals surface area contributed by atoms with Gasteiger partial charge in [0.15, 0.2) is 5.78 Å². The summed E-state index contributed by atoms with van der Waals surface area (Å²) in [4.78, 5) is 33.8. The molecule has 1 aliphatic rings. The maximum atomic E-state index is 12.6. The number of hydrogen-bond acceptors (Lipinski definition) is 4. The molecule has 0 spiro atoms. The molecule has 3 aromatic rings. The number of nitrogens with zero attached hydrogens (tertiary/aromatic N) is 3. The van der Waals surface area contributed by atoms with Crippen molar-refractivity contribution in [1.29, 1.82) is 0 Å². The summed E-state index contributed by atoms with van der Waals surface area (Å²) in [6, 6.07) is 17.8. The molecule has 1 aromatic heterocycles. The minimum atomic E-state index is 0.0258. The molecule has 1 aliphatic heterocycles. The molecule has 30 heavy (non-hydrogen) atoms. The monoisotopic (exact) mass is 401 g/mol. The summed E-state index contributed by atoms with van der Waals surface area (Å²) in [5.41, 5.74) is 4.01. The van der Waals surface area contributed by atoms with Gasteiger partial charge in [0.05, 0.1) is 5.52 Å². The van der Waals surface area contributed by atoms with Gasteiger partial charge in [-0.2, -0.15) is 0 Å². The van der Waals surface area contributed by atoms with Crippen molar-refractivity contribution in [2.75, 3.05) is 31.1 Å². The van der Waals surface area contributed by atoms with Gasteiger partial charge in [0.2, 0.25) is 5.91 Å². The van der Waals surface area contributed by atoms with Crippen LogP contribution in [0.4, 0.5) is 5.82 Å². The number of aromatic nitrogens is 1. The zero-order valence-corrected chi connectivity index (χ0v) is 17.6. The number of ketones is 1. The molecule has 5 heteroatoms. The fourth-order valence-corrected chi connectivity index (χ4v) is 3.94. The highest BCUT2D eigenvalue weighted by molar-refractivity contribution is 5.98. The lowest BCUT2D eigenvalue weighted by Crippen LogP contribution is -2.49. The van der Waals surface area contributed by atoms with E-state index >= 15 is 0 Å². The number of pyridine rings is 1. The number of piperazine rings is 1.